The van der Waals surface area contributed by atoms with Crippen LogP contribution in [0.15, 0.2) is 30.3 Å². The molecule has 2 rings (SSSR count). The predicted molar refractivity (Wildman–Crippen MR) is 83.1 cm³/mol. The third-order valence-corrected chi connectivity index (χ3v) is 3.36. The first-order valence-corrected chi connectivity index (χ1v) is 7.46. The highest BCUT2D eigenvalue weighted by Gasteiger charge is 2.20. The Kier molecular flexibility index (Phi) is 5.39. The maximum absolute atomic E-state index is 12.1. The highest BCUT2D eigenvalue weighted by atomic mass is 16.5. The van der Waals surface area contributed by atoms with Gasteiger partial charge in [-0.25, -0.2) is 0 Å². The van der Waals surface area contributed by atoms with Crippen LogP contribution in [-0.2, 0) is 4.79 Å². The summed E-state index contributed by atoms with van der Waals surface area (Å²) in [6, 6.07) is 7.66. The number of piperidine rings is 1. The monoisotopic (exact) mass is 289 g/mol. The zero-order chi connectivity index (χ0) is 15.2. The number of benzene rings is 1. The SMILES string of the molecule is CC(C)Oc1cccc(C=CC(=O)N2CCCC(O)C2)c1. The lowest BCUT2D eigenvalue weighted by Gasteiger charge is -2.29. The van der Waals surface area contributed by atoms with Crippen LogP contribution < -0.4 is 4.74 Å². The number of likely N-dealkylation sites (tertiary alicyclic amines) is 1. The summed E-state index contributed by atoms with van der Waals surface area (Å²) in [6.07, 6.45) is 4.73. The number of amides is 1. The molecule has 4 heteroatoms. The molecule has 0 bridgehead atoms. The summed E-state index contributed by atoms with van der Waals surface area (Å²) in [4.78, 5) is 13.8. The van der Waals surface area contributed by atoms with Crippen molar-refractivity contribution in [1.29, 1.82) is 0 Å². The van der Waals surface area contributed by atoms with Gasteiger partial charge in [0.05, 0.1) is 12.2 Å². The van der Waals surface area contributed by atoms with Gasteiger partial charge < -0.3 is 14.7 Å². The Morgan fingerprint density at radius 2 is 2.29 bits per heavy atom. The van der Waals surface area contributed by atoms with Crippen LogP contribution in [0.25, 0.3) is 6.08 Å². The Morgan fingerprint density at radius 3 is 3.00 bits per heavy atom. The van der Waals surface area contributed by atoms with Gasteiger partial charge in [-0.3, -0.25) is 4.79 Å². The number of β-amino-alcohol motifs (C(OH)–C–C–N with tert-alkyl or cyclic N) is 1. The van der Waals surface area contributed by atoms with Gasteiger partial charge >= 0.3 is 0 Å². The Labute approximate surface area is 126 Å². The van der Waals surface area contributed by atoms with E-state index in [2.05, 4.69) is 0 Å². The molecule has 1 aliphatic rings. The smallest absolute Gasteiger partial charge is 0.246 e. The van der Waals surface area contributed by atoms with Crippen molar-refractivity contribution in [1.82, 2.24) is 4.90 Å². The molecule has 1 aliphatic heterocycles. The molecule has 1 N–H and O–H groups in total. The van der Waals surface area contributed by atoms with Crippen LogP contribution in [0.3, 0.4) is 0 Å². The van der Waals surface area contributed by atoms with Crippen LogP contribution in [-0.4, -0.2) is 41.2 Å². The molecular weight excluding hydrogens is 266 g/mol. The molecule has 0 saturated carbocycles. The number of aliphatic hydroxyl groups is 1. The van der Waals surface area contributed by atoms with Crippen molar-refractivity contribution < 1.29 is 14.6 Å². The lowest BCUT2D eigenvalue weighted by atomic mass is 10.1. The molecule has 0 aromatic heterocycles. The minimum atomic E-state index is -0.390. The fourth-order valence-corrected chi connectivity index (χ4v) is 2.39. The number of aliphatic hydroxyl groups excluding tert-OH is 1. The van der Waals surface area contributed by atoms with Crippen LogP contribution in [0.1, 0.15) is 32.3 Å². The largest absolute Gasteiger partial charge is 0.491 e. The number of nitrogens with zero attached hydrogens (tertiary/aromatic N) is 1. The molecular formula is C17H23NO3. The van der Waals surface area contributed by atoms with E-state index >= 15 is 0 Å². The zero-order valence-corrected chi connectivity index (χ0v) is 12.7. The minimum Gasteiger partial charge on any atom is -0.491 e. The molecule has 21 heavy (non-hydrogen) atoms. The highest BCUT2D eigenvalue weighted by Crippen LogP contribution is 2.16. The summed E-state index contributed by atoms with van der Waals surface area (Å²) in [5.74, 6) is 0.747. The van der Waals surface area contributed by atoms with Gasteiger partial charge in [0.15, 0.2) is 0 Å². The van der Waals surface area contributed by atoms with E-state index in [1.165, 1.54) is 0 Å². The second-order valence-electron chi connectivity index (χ2n) is 5.65. The van der Waals surface area contributed by atoms with Crippen LogP contribution >= 0.6 is 0 Å². The van der Waals surface area contributed by atoms with Gasteiger partial charge in [-0.15, -0.1) is 0 Å². The normalized spacial score (nSPS) is 19.2. The number of ether oxygens (including phenoxy) is 1. The third-order valence-electron chi connectivity index (χ3n) is 3.36. The van der Waals surface area contributed by atoms with Crippen molar-refractivity contribution >= 4 is 12.0 Å². The first-order valence-electron chi connectivity index (χ1n) is 7.46. The van der Waals surface area contributed by atoms with Gasteiger partial charge in [0, 0.05) is 19.2 Å². The number of hydrogen-bond acceptors (Lipinski definition) is 3. The predicted octanol–water partition coefficient (Wildman–Crippen LogP) is 2.47. The van der Waals surface area contributed by atoms with Crippen molar-refractivity contribution in [3.05, 3.63) is 35.9 Å². The van der Waals surface area contributed by atoms with Gasteiger partial charge in [0.25, 0.3) is 0 Å². The number of hydrogen-bond donors (Lipinski definition) is 1. The summed E-state index contributed by atoms with van der Waals surface area (Å²) in [5.41, 5.74) is 0.930. The third kappa shape index (κ3) is 4.90. The van der Waals surface area contributed by atoms with E-state index in [4.69, 9.17) is 4.74 Å². The fraction of sp³-hybridized carbons (Fsp3) is 0.471. The van der Waals surface area contributed by atoms with E-state index in [1.807, 2.05) is 38.1 Å². The minimum absolute atomic E-state index is 0.0519. The van der Waals surface area contributed by atoms with Gasteiger partial charge in [-0.2, -0.15) is 0 Å². The van der Waals surface area contributed by atoms with E-state index in [9.17, 15) is 9.90 Å². The standard InChI is InChI=1S/C17H23NO3/c1-13(2)21-16-7-3-5-14(11-16)8-9-17(20)18-10-4-6-15(19)12-18/h3,5,7-9,11,13,15,19H,4,6,10,12H2,1-2H3. The van der Waals surface area contributed by atoms with E-state index < -0.39 is 0 Å². The second kappa shape index (κ2) is 7.27. The van der Waals surface area contributed by atoms with E-state index in [1.54, 1.807) is 17.1 Å². The molecule has 0 aliphatic carbocycles. The van der Waals surface area contributed by atoms with Crippen LogP contribution in [0.2, 0.25) is 0 Å². The molecule has 1 aromatic carbocycles. The first kappa shape index (κ1) is 15.6. The van der Waals surface area contributed by atoms with E-state index in [-0.39, 0.29) is 18.1 Å². The molecule has 114 valence electrons. The van der Waals surface area contributed by atoms with Gasteiger partial charge in [0.2, 0.25) is 5.91 Å². The quantitative estimate of drug-likeness (QED) is 0.866. The van der Waals surface area contributed by atoms with E-state index in [0.717, 1.165) is 30.7 Å². The summed E-state index contributed by atoms with van der Waals surface area (Å²) < 4.78 is 5.63. The topological polar surface area (TPSA) is 49.8 Å². The van der Waals surface area contributed by atoms with E-state index in [0.29, 0.717) is 6.54 Å². The Hall–Kier alpha value is -1.81. The molecule has 0 radical (unpaired) electrons. The maximum atomic E-state index is 12.1. The Bertz CT molecular complexity index is 511. The van der Waals surface area contributed by atoms with Crippen LogP contribution in [0.5, 0.6) is 5.75 Å². The Balaban J connectivity index is 1.98. The second-order valence-corrected chi connectivity index (χ2v) is 5.65. The zero-order valence-electron chi connectivity index (χ0n) is 12.7. The number of rotatable bonds is 4. The summed E-state index contributed by atoms with van der Waals surface area (Å²) in [6.45, 7) is 5.11. The molecule has 0 spiro atoms. The lowest BCUT2D eigenvalue weighted by Crippen LogP contribution is -2.41. The fourth-order valence-electron chi connectivity index (χ4n) is 2.39. The number of carbonyl (C=O) groups excluding carboxylic acids is 1. The average Bonchev–Trinajstić information content (AvgIpc) is 2.44. The van der Waals surface area contributed by atoms with Crippen molar-refractivity contribution in [2.75, 3.05) is 13.1 Å². The van der Waals surface area contributed by atoms with Crippen molar-refractivity contribution in [3.8, 4) is 5.75 Å². The van der Waals surface area contributed by atoms with Crippen molar-refractivity contribution in [2.45, 2.75) is 38.9 Å². The lowest BCUT2D eigenvalue weighted by molar-refractivity contribution is -0.128. The van der Waals surface area contributed by atoms with Gasteiger partial charge in [-0.05, 0) is 50.5 Å². The Morgan fingerprint density at radius 1 is 1.48 bits per heavy atom. The number of carbonyl (C=O) groups is 1. The van der Waals surface area contributed by atoms with Crippen LogP contribution in [0.4, 0.5) is 0 Å². The molecule has 1 aromatic rings. The van der Waals surface area contributed by atoms with Gasteiger partial charge in [0.1, 0.15) is 5.75 Å². The molecule has 4 nitrogen and oxygen atoms in total. The first-order chi connectivity index (χ1) is 10.0. The average molecular weight is 289 g/mol. The highest BCUT2D eigenvalue weighted by molar-refractivity contribution is 5.91. The van der Waals surface area contributed by atoms with Crippen LogP contribution in [0, 0.1) is 0 Å². The molecule has 1 fully saturated rings. The molecule has 1 atom stereocenters. The molecule has 1 amide bonds. The summed E-state index contributed by atoms with van der Waals surface area (Å²) in [7, 11) is 0. The maximum Gasteiger partial charge on any atom is 0.246 e. The van der Waals surface area contributed by atoms with Gasteiger partial charge in [-0.1, -0.05) is 12.1 Å². The molecule has 1 saturated heterocycles. The molecule has 1 heterocycles. The van der Waals surface area contributed by atoms with Crippen molar-refractivity contribution in [2.24, 2.45) is 0 Å². The van der Waals surface area contributed by atoms with Crippen molar-refractivity contribution in [3.63, 3.8) is 0 Å². The summed E-state index contributed by atoms with van der Waals surface area (Å²) >= 11 is 0. The summed E-state index contributed by atoms with van der Waals surface area (Å²) in [5, 5.41) is 9.60. The molecule has 1 unspecified atom stereocenters.